The summed E-state index contributed by atoms with van der Waals surface area (Å²) in [5, 5.41) is 12.2. The normalized spacial score (nSPS) is 21.1. The van der Waals surface area contributed by atoms with Gasteiger partial charge in [0.15, 0.2) is 0 Å². The van der Waals surface area contributed by atoms with Crippen molar-refractivity contribution in [2.75, 3.05) is 41.3 Å². The Morgan fingerprint density at radius 2 is 1.29 bits per heavy atom. The van der Waals surface area contributed by atoms with Crippen LogP contribution in [0.15, 0.2) is 60.7 Å². The molecule has 0 spiro atoms. The van der Waals surface area contributed by atoms with E-state index in [2.05, 4.69) is 15.1 Å². The molecule has 2 aliphatic rings. The molecule has 2 atom stereocenters. The van der Waals surface area contributed by atoms with Crippen LogP contribution in [0.3, 0.4) is 0 Å². The fraction of sp³-hybridized carbons (Fsp3) is 0.333. The number of aliphatic carboxylic acids is 1. The molecule has 2 N–H and O–H groups in total. The first kappa shape index (κ1) is 20.9. The van der Waals surface area contributed by atoms with Gasteiger partial charge in [0, 0.05) is 43.2 Å². The fourth-order valence-corrected chi connectivity index (χ4v) is 4.24. The predicted octanol–water partition coefficient (Wildman–Crippen LogP) is 3.76. The highest BCUT2D eigenvalue weighted by Gasteiger charge is 2.34. The highest BCUT2D eigenvalue weighted by molar-refractivity contribution is 5.95. The van der Waals surface area contributed by atoms with Gasteiger partial charge >= 0.3 is 5.97 Å². The molecule has 0 radical (unpaired) electrons. The molecule has 1 fully saturated rings. The smallest absolute Gasteiger partial charge is 0.307 e. The van der Waals surface area contributed by atoms with Crippen LogP contribution in [0.5, 0.6) is 0 Å². The third-order valence-electron chi connectivity index (χ3n) is 6.06. The van der Waals surface area contributed by atoms with Gasteiger partial charge < -0.3 is 20.2 Å². The zero-order valence-corrected chi connectivity index (χ0v) is 17.2. The largest absolute Gasteiger partial charge is 0.481 e. The number of nitrogens with zero attached hydrogens (tertiary/aromatic N) is 2. The second-order valence-corrected chi connectivity index (χ2v) is 7.98. The highest BCUT2D eigenvalue weighted by Crippen LogP contribution is 2.28. The molecule has 162 valence electrons. The van der Waals surface area contributed by atoms with Crippen LogP contribution in [0.25, 0.3) is 0 Å². The van der Waals surface area contributed by atoms with Crippen LogP contribution in [0.1, 0.15) is 12.8 Å². The molecule has 0 bridgehead atoms. The Balaban J connectivity index is 1.33. The van der Waals surface area contributed by atoms with Crippen molar-refractivity contribution < 1.29 is 19.1 Å². The van der Waals surface area contributed by atoms with E-state index in [9.17, 15) is 19.1 Å². The molecule has 6 nitrogen and oxygen atoms in total. The molecule has 1 amide bonds. The van der Waals surface area contributed by atoms with Crippen LogP contribution in [-0.2, 0) is 9.59 Å². The van der Waals surface area contributed by atoms with Crippen molar-refractivity contribution in [1.29, 1.82) is 0 Å². The van der Waals surface area contributed by atoms with E-state index in [-0.39, 0.29) is 11.7 Å². The lowest BCUT2D eigenvalue weighted by molar-refractivity contribution is -0.146. The van der Waals surface area contributed by atoms with Gasteiger partial charge in [-0.2, -0.15) is 0 Å². The maximum atomic E-state index is 13.1. The van der Waals surface area contributed by atoms with Crippen molar-refractivity contribution in [3.63, 3.8) is 0 Å². The van der Waals surface area contributed by atoms with E-state index in [4.69, 9.17) is 0 Å². The number of allylic oxidation sites excluding steroid dienone is 2. The van der Waals surface area contributed by atoms with Crippen LogP contribution < -0.4 is 15.1 Å². The molecule has 1 aliphatic carbocycles. The predicted molar refractivity (Wildman–Crippen MR) is 119 cm³/mol. The quantitative estimate of drug-likeness (QED) is 0.717. The molecule has 0 saturated carbocycles. The summed E-state index contributed by atoms with van der Waals surface area (Å²) in [6.07, 6.45) is 4.53. The second-order valence-electron chi connectivity index (χ2n) is 7.98. The number of nitrogens with one attached hydrogen (secondary N) is 1. The monoisotopic (exact) mass is 423 g/mol. The number of hydrogen-bond donors (Lipinski definition) is 2. The fourth-order valence-electron chi connectivity index (χ4n) is 4.24. The number of carboxylic acid groups (broad SMARTS) is 1. The van der Waals surface area contributed by atoms with E-state index in [0.29, 0.717) is 18.5 Å². The molecule has 2 aromatic rings. The van der Waals surface area contributed by atoms with Crippen LogP contribution >= 0.6 is 0 Å². The van der Waals surface area contributed by atoms with E-state index in [1.807, 2.05) is 36.4 Å². The Hall–Kier alpha value is -3.35. The lowest BCUT2D eigenvalue weighted by Crippen LogP contribution is -2.46. The lowest BCUT2D eigenvalue weighted by atomic mass is 9.82. The van der Waals surface area contributed by atoms with Gasteiger partial charge in [0.25, 0.3) is 0 Å². The van der Waals surface area contributed by atoms with Gasteiger partial charge in [-0.3, -0.25) is 9.59 Å². The number of amides is 1. The summed E-state index contributed by atoms with van der Waals surface area (Å²) >= 11 is 0. The van der Waals surface area contributed by atoms with Crippen molar-refractivity contribution in [2.45, 2.75) is 12.8 Å². The standard InChI is InChI=1S/C24H26FN3O3/c25-17-5-9-19(10-6-17)27-13-15-28(16-14-27)20-11-7-18(8-12-20)26-23(29)21-3-1-2-4-22(21)24(30)31/h1-2,5-12,21-22H,3-4,13-16H2,(H,26,29)(H,30,31)/t21-,22-/m0/s1. The van der Waals surface area contributed by atoms with Crippen molar-refractivity contribution in [2.24, 2.45) is 11.8 Å². The van der Waals surface area contributed by atoms with Crippen LogP contribution in [0.2, 0.25) is 0 Å². The van der Waals surface area contributed by atoms with Gasteiger partial charge in [-0.15, -0.1) is 0 Å². The Labute approximate surface area is 181 Å². The Kier molecular flexibility index (Phi) is 6.21. The molecule has 0 unspecified atom stereocenters. The molecule has 1 aliphatic heterocycles. The number of carboxylic acids is 1. The van der Waals surface area contributed by atoms with Crippen LogP contribution in [-0.4, -0.2) is 43.2 Å². The number of anilines is 3. The van der Waals surface area contributed by atoms with E-state index in [0.717, 1.165) is 37.6 Å². The average molecular weight is 423 g/mol. The first-order chi connectivity index (χ1) is 15.0. The number of carbonyl (C=O) groups is 2. The molecule has 7 heteroatoms. The number of carbonyl (C=O) groups excluding carboxylic acids is 1. The minimum atomic E-state index is -0.931. The number of hydrogen-bond acceptors (Lipinski definition) is 4. The van der Waals surface area contributed by atoms with Crippen molar-refractivity contribution in [3.05, 3.63) is 66.5 Å². The first-order valence-electron chi connectivity index (χ1n) is 10.6. The average Bonchev–Trinajstić information content (AvgIpc) is 2.80. The molecule has 1 heterocycles. The zero-order chi connectivity index (χ0) is 21.8. The highest BCUT2D eigenvalue weighted by atomic mass is 19.1. The summed E-state index contributed by atoms with van der Waals surface area (Å²) in [5.41, 5.74) is 2.76. The molecule has 31 heavy (non-hydrogen) atoms. The number of halogens is 1. The second kappa shape index (κ2) is 9.20. The minimum Gasteiger partial charge on any atom is -0.481 e. The van der Waals surface area contributed by atoms with Gasteiger partial charge in [-0.1, -0.05) is 12.2 Å². The summed E-state index contributed by atoms with van der Waals surface area (Å²) < 4.78 is 13.1. The molecule has 4 rings (SSSR count). The van der Waals surface area contributed by atoms with E-state index < -0.39 is 17.8 Å². The SMILES string of the molecule is O=C(O)[C@H]1CC=CC[C@@H]1C(=O)Nc1ccc(N2CCN(c3ccc(F)cc3)CC2)cc1. The molecule has 0 aromatic heterocycles. The molecule has 1 saturated heterocycles. The summed E-state index contributed by atoms with van der Waals surface area (Å²) in [6, 6.07) is 14.2. The van der Waals surface area contributed by atoms with Crippen LogP contribution in [0, 0.1) is 17.7 Å². The third-order valence-corrected chi connectivity index (χ3v) is 6.06. The lowest BCUT2D eigenvalue weighted by Gasteiger charge is -2.37. The first-order valence-corrected chi connectivity index (χ1v) is 10.6. The van der Waals surface area contributed by atoms with E-state index in [1.165, 1.54) is 12.1 Å². The number of benzene rings is 2. The van der Waals surface area contributed by atoms with Gasteiger partial charge in [-0.25, -0.2) is 4.39 Å². The Bertz CT molecular complexity index is 951. The van der Waals surface area contributed by atoms with Gasteiger partial charge in [0.05, 0.1) is 11.8 Å². The third kappa shape index (κ3) is 4.87. The number of piperazine rings is 1. The number of rotatable bonds is 5. The maximum absolute atomic E-state index is 13.1. The van der Waals surface area contributed by atoms with Gasteiger partial charge in [-0.05, 0) is 61.4 Å². The minimum absolute atomic E-state index is 0.229. The summed E-state index contributed by atoms with van der Waals surface area (Å²) in [5.74, 6) is -2.64. The Morgan fingerprint density at radius 1 is 0.806 bits per heavy atom. The van der Waals surface area contributed by atoms with Gasteiger partial charge in [0.1, 0.15) is 5.82 Å². The van der Waals surface area contributed by atoms with Crippen molar-refractivity contribution >= 4 is 28.9 Å². The summed E-state index contributed by atoms with van der Waals surface area (Å²) in [7, 11) is 0. The molecular formula is C24H26FN3O3. The van der Waals surface area contributed by atoms with E-state index >= 15 is 0 Å². The molecular weight excluding hydrogens is 397 g/mol. The Morgan fingerprint density at radius 3 is 1.81 bits per heavy atom. The topological polar surface area (TPSA) is 72.9 Å². The zero-order valence-electron chi connectivity index (χ0n) is 17.2. The van der Waals surface area contributed by atoms with Gasteiger partial charge in [0.2, 0.25) is 5.91 Å². The summed E-state index contributed by atoms with van der Waals surface area (Å²) in [4.78, 5) is 28.6. The van der Waals surface area contributed by atoms with E-state index in [1.54, 1.807) is 12.1 Å². The maximum Gasteiger partial charge on any atom is 0.307 e. The van der Waals surface area contributed by atoms with Crippen LogP contribution in [0.4, 0.5) is 21.5 Å². The molecule has 2 aromatic carbocycles. The summed E-state index contributed by atoms with van der Waals surface area (Å²) in [6.45, 7) is 3.38. The van der Waals surface area contributed by atoms with Crippen molar-refractivity contribution in [1.82, 2.24) is 0 Å². The van der Waals surface area contributed by atoms with Crippen molar-refractivity contribution in [3.8, 4) is 0 Å².